The van der Waals surface area contributed by atoms with E-state index in [4.69, 9.17) is 9.47 Å². The van der Waals surface area contributed by atoms with E-state index >= 15 is 0 Å². The van der Waals surface area contributed by atoms with Crippen LogP contribution in [0.1, 0.15) is 74.1 Å². The predicted molar refractivity (Wildman–Crippen MR) is 142 cm³/mol. The number of amides is 1. The molecule has 0 aliphatic carbocycles. The zero-order valence-electron chi connectivity index (χ0n) is 23.0. The average molecular weight is 541 g/mol. The molecule has 1 unspecified atom stereocenters. The van der Waals surface area contributed by atoms with Gasteiger partial charge in [0, 0.05) is 18.6 Å². The number of carbonyl (C=O) groups excluding carboxylic acids is 1. The van der Waals surface area contributed by atoms with Crippen molar-refractivity contribution in [3.8, 4) is 0 Å². The lowest BCUT2D eigenvalue weighted by Gasteiger charge is -2.41. The third-order valence-electron chi connectivity index (χ3n) is 6.81. The van der Waals surface area contributed by atoms with E-state index < -0.39 is 27.8 Å². The van der Waals surface area contributed by atoms with E-state index in [-0.39, 0.29) is 37.1 Å². The van der Waals surface area contributed by atoms with Crippen LogP contribution in [0.5, 0.6) is 0 Å². The van der Waals surface area contributed by atoms with Gasteiger partial charge in [-0.3, -0.25) is 15.1 Å². The molecule has 0 saturated carbocycles. The highest BCUT2D eigenvalue weighted by Gasteiger charge is 2.35. The normalized spacial score (nSPS) is 22.4. The predicted octanol–water partition coefficient (Wildman–Crippen LogP) is 3.49. The van der Waals surface area contributed by atoms with Crippen LogP contribution in [0.4, 0.5) is 4.79 Å². The number of hydrogen-bond acceptors (Lipinski definition) is 7. The van der Waals surface area contributed by atoms with Crippen LogP contribution >= 0.6 is 12.4 Å². The van der Waals surface area contributed by atoms with Crippen LogP contribution in [0.25, 0.3) is 0 Å². The number of hydrogen-bond donors (Lipinski definition) is 1. The van der Waals surface area contributed by atoms with Crippen molar-refractivity contribution in [3.63, 3.8) is 0 Å². The van der Waals surface area contributed by atoms with Gasteiger partial charge in [0.05, 0.1) is 25.2 Å². The smallest absolute Gasteiger partial charge is 0.410 e. The molecule has 0 aromatic heterocycles. The van der Waals surface area contributed by atoms with Gasteiger partial charge < -0.3 is 9.47 Å². The van der Waals surface area contributed by atoms with Crippen LogP contribution in [0.3, 0.4) is 0 Å². The Labute approximate surface area is 219 Å². The number of piperidine rings is 1. The van der Waals surface area contributed by atoms with Crippen LogP contribution in [0.15, 0.2) is 0 Å². The Kier molecular flexibility index (Phi) is 12.2. The number of nitrogens with one attached hydrogen (secondary N) is 1. The summed E-state index contributed by atoms with van der Waals surface area (Å²) in [6.07, 6.45) is 5.01. The molecule has 2 saturated heterocycles. The van der Waals surface area contributed by atoms with Crippen molar-refractivity contribution < 1.29 is 22.7 Å². The van der Waals surface area contributed by atoms with E-state index in [0.29, 0.717) is 19.4 Å². The second-order valence-corrected chi connectivity index (χ2v) is 13.7. The summed E-state index contributed by atoms with van der Waals surface area (Å²) in [5, 5.41) is 3.46. The van der Waals surface area contributed by atoms with Crippen molar-refractivity contribution in [2.45, 2.75) is 98.1 Å². The summed E-state index contributed by atoms with van der Waals surface area (Å²) in [6, 6.07) is 0. The van der Waals surface area contributed by atoms with Crippen LogP contribution in [0, 0.1) is 5.41 Å². The van der Waals surface area contributed by atoms with Crippen molar-refractivity contribution in [2.75, 3.05) is 45.7 Å². The largest absolute Gasteiger partial charge is 0.447 e. The van der Waals surface area contributed by atoms with E-state index in [1.165, 1.54) is 29.8 Å². The number of rotatable bonds is 8. The minimum atomic E-state index is -3.48. The standard InChI is InChI=1S/C24H48N4O5S.ClH/c1-19(23(2,3)4)33-20(16-28(24(5,6)7)34(8,30)31)17-32-22(29)27-15-12-21(25-18-27)26-13-10-9-11-14-26;/h19-21,25H,9-18H2,1-8H3;1H/t19-,20-,21?;/m0./s1. The van der Waals surface area contributed by atoms with E-state index in [1.54, 1.807) is 4.90 Å². The Bertz CT molecular complexity index is 755. The summed E-state index contributed by atoms with van der Waals surface area (Å²) >= 11 is 0. The molecule has 35 heavy (non-hydrogen) atoms. The van der Waals surface area contributed by atoms with E-state index in [1.807, 2.05) is 27.7 Å². The van der Waals surface area contributed by atoms with Gasteiger partial charge >= 0.3 is 6.09 Å². The Morgan fingerprint density at radius 2 is 1.69 bits per heavy atom. The van der Waals surface area contributed by atoms with Crippen LogP contribution in [0.2, 0.25) is 0 Å². The molecule has 1 amide bonds. The molecule has 0 aromatic rings. The number of carbonyl (C=O) groups is 1. The second kappa shape index (κ2) is 13.2. The van der Waals surface area contributed by atoms with Crippen LogP contribution in [-0.4, -0.2) is 98.2 Å². The molecule has 0 bridgehead atoms. The molecule has 11 heteroatoms. The fourth-order valence-electron chi connectivity index (χ4n) is 4.35. The molecule has 2 aliphatic heterocycles. The first-order chi connectivity index (χ1) is 15.6. The first-order valence-electron chi connectivity index (χ1n) is 12.6. The van der Waals surface area contributed by atoms with Gasteiger partial charge in [-0.05, 0) is 65.5 Å². The highest BCUT2D eigenvalue weighted by atomic mass is 35.5. The average Bonchev–Trinajstić information content (AvgIpc) is 2.73. The molecule has 2 heterocycles. The van der Waals surface area contributed by atoms with Crippen molar-refractivity contribution in [1.82, 2.24) is 19.4 Å². The van der Waals surface area contributed by atoms with Gasteiger partial charge in [-0.25, -0.2) is 13.2 Å². The molecule has 1 N–H and O–H groups in total. The topological polar surface area (TPSA) is 91.4 Å². The minimum absolute atomic E-state index is 0. The molecule has 9 nitrogen and oxygen atoms in total. The lowest BCUT2D eigenvalue weighted by Crippen LogP contribution is -2.57. The lowest BCUT2D eigenvalue weighted by atomic mass is 9.90. The van der Waals surface area contributed by atoms with E-state index in [2.05, 4.69) is 31.0 Å². The van der Waals surface area contributed by atoms with Gasteiger partial charge in [-0.2, -0.15) is 4.31 Å². The molecule has 2 rings (SSSR count). The summed E-state index contributed by atoms with van der Waals surface area (Å²) in [4.78, 5) is 16.9. The van der Waals surface area contributed by atoms with Crippen LogP contribution < -0.4 is 5.32 Å². The molecule has 0 radical (unpaired) electrons. The molecular weight excluding hydrogens is 492 g/mol. The molecule has 0 spiro atoms. The molecule has 2 aliphatic rings. The first kappa shape index (κ1) is 32.4. The molecule has 208 valence electrons. The number of likely N-dealkylation sites (tertiary alicyclic amines) is 1. The van der Waals surface area contributed by atoms with Crippen molar-refractivity contribution in [1.29, 1.82) is 0 Å². The monoisotopic (exact) mass is 540 g/mol. The van der Waals surface area contributed by atoms with E-state index in [0.717, 1.165) is 19.5 Å². The zero-order chi connectivity index (χ0) is 25.7. The lowest BCUT2D eigenvalue weighted by molar-refractivity contribution is -0.0873. The van der Waals surface area contributed by atoms with Gasteiger partial charge in [0.25, 0.3) is 0 Å². The fraction of sp³-hybridized carbons (Fsp3) is 0.958. The maximum Gasteiger partial charge on any atom is 0.410 e. The number of halogens is 1. The first-order valence-corrected chi connectivity index (χ1v) is 14.5. The Morgan fingerprint density at radius 1 is 1.09 bits per heavy atom. The zero-order valence-corrected chi connectivity index (χ0v) is 24.6. The van der Waals surface area contributed by atoms with Crippen molar-refractivity contribution in [3.05, 3.63) is 0 Å². The maximum atomic E-state index is 12.8. The fourth-order valence-corrected chi connectivity index (χ4v) is 5.78. The summed E-state index contributed by atoms with van der Waals surface area (Å²) in [5.74, 6) is 0. The van der Waals surface area contributed by atoms with E-state index in [9.17, 15) is 13.2 Å². The Balaban J connectivity index is 0.00000612. The summed E-state index contributed by atoms with van der Waals surface area (Å²) < 4.78 is 38.3. The number of sulfonamides is 1. The summed E-state index contributed by atoms with van der Waals surface area (Å²) in [6.45, 7) is 17.1. The van der Waals surface area contributed by atoms with Crippen molar-refractivity contribution >= 4 is 28.5 Å². The Morgan fingerprint density at radius 3 is 2.14 bits per heavy atom. The third kappa shape index (κ3) is 10.3. The number of ether oxygens (including phenoxy) is 2. The van der Waals surface area contributed by atoms with Crippen LogP contribution in [-0.2, 0) is 19.5 Å². The SMILES string of the molecule is C[C@H](O[C@H](COC(=O)N1CCC(N2CCCCC2)NC1)CN(C(C)(C)C)S(C)(=O)=O)C(C)(C)C.Cl. The number of nitrogens with zero attached hydrogens (tertiary/aromatic N) is 3. The van der Waals surface area contributed by atoms with Gasteiger partial charge in [0.1, 0.15) is 12.7 Å². The highest BCUT2D eigenvalue weighted by Crippen LogP contribution is 2.25. The summed E-state index contributed by atoms with van der Waals surface area (Å²) in [5.41, 5.74) is -0.759. The third-order valence-corrected chi connectivity index (χ3v) is 8.30. The second-order valence-electron chi connectivity index (χ2n) is 11.8. The highest BCUT2D eigenvalue weighted by molar-refractivity contribution is 7.88. The van der Waals surface area contributed by atoms with Gasteiger partial charge in [-0.15, -0.1) is 12.4 Å². The Hall–Kier alpha value is -0.650. The molecular formula is C24H49ClN4O5S. The van der Waals surface area contributed by atoms with Gasteiger partial charge in [0.2, 0.25) is 10.0 Å². The maximum absolute atomic E-state index is 12.8. The molecule has 3 atom stereocenters. The minimum Gasteiger partial charge on any atom is -0.447 e. The molecule has 2 fully saturated rings. The summed E-state index contributed by atoms with van der Waals surface area (Å²) in [7, 11) is -3.48. The van der Waals surface area contributed by atoms with Crippen molar-refractivity contribution in [2.24, 2.45) is 5.41 Å². The molecule has 0 aromatic carbocycles. The van der Waals surface area contributed by atoms with Gasteiger partial charge in [-0.1, -0.05) is 27.2 Å². The quantitative estimate of drug-likeness (QED) is 0.504. The van der Waals surface area contributed by atoms with Gasteiger partial charge in [0.15, 0.2) is 0 Å².